The summed E-state index contributed by atoms with van der Waals surface area (Å²) in [7, 11) is 0. The Bertz CT molecular complexity index is 957. The summed E-state index contributed by atoms with van der Waals surface area (Å²) in [5.41, 5.74) is 0.844. The lowest BCUT2D eigenvalue weighted by Crippen LogP contribution is -2.52. The first kappa shape index (κ1) is 16.6. The minimum absolute atomic E-state index is 0.144. The van der Waals surface area contributed by atoms with Crippen molar-refractivity contribution in [3.8, 4) is 11.3 Å². The van der Waals surface area contributed by atoms with Gasteiger partial charge in [0.05, 0.1) is 29.0 Å². The molecule has 1 saturated carbocycles. The molecule has 5 nitrogen and oxygen atoms in total. The minimum Gasteiger partial charge on any atom is -0.448 e. The quantitative estimate of drug-likeness (QED) is 0.801. The number of carbonyl (C=O) groups excluding carboxylic acids is 1. The SMILES string of the molecule is CC1(C)C2CCC1(N1CCOC1=O)c1nnc(-c3c(F)cccc3F)cc12. The first-order valence-electron chi connectivity index (χ1n) is 9.15. The van der Waals surface area contributed by atoms with Crippen molar-refractivity contribution >= 4 is 6.09 Å². The summed E-state index contributed by atoms with van der Waals surface area (Å²) in [4.78, 5) is 14.2. The molecule has 27 heavy (non-hydrogen) atoms. The van der Waals surface area contributed by atoms with Crippen LogP contribution in [0.5, 0.6) is 0 Å². The zero-order valence-corrected chi connectivity index (χ0v) is 15.1. The van der Waals surface area contributed by atoms with Crippen molar-refractivity contribution in [3.05, 3.63) is 47.2 Å². The van der Waals surface area contributed by atoms with Crippen molar-refractivity contribution in [2.75, 3.05) is 13.2 Å². The molecule has 5 rings (SSSR count). The Labute approximate surface area is 155 Å². The van der Waals surface area contributed by atoms with Gasteiger partial charge in [-0.25, -0.2) is 13.6 Å². The van der Waals surface area contributed by atoms with Gasteiger partial charge in [0.2, 0.25) is 0 Å². The van der Waals surface area contributed by atoms with E-state index < -0.39 is 17.2 Å². The monoisotopic (exact) mass is 371 g/mol. The molecular formula is C20H19F2N3O2. The second-order valence-electron chi connectivity index (χ2n) is 8.07. The third-order valence-electron chi connectivity index (χ3n) is 6.76. The van der Waals surface area contributed by atoms with Crippen molar-refractivity contribution < 1.29 is 18.3 Å². The van der Waals surface area contributed by atoms with Gasteiger partial charge >= 0.3 is 6.09 Å². The number of cyclic esters (lactones) is 1. The fourth-order valence-corrected chi connectivity index (χ4v) is 5.50. The second-order valence-corrected chi connectivity index (χ2v) is 8.07. The van der Waals surface area contributed by atoms with Gasteiger partial charge in [0.15, 0.2) is 0 Å². The molecule has 1 saturated heterocycles. The Kier molecular flexibility index (Phi) is 3.22. The molecule has 2 fully saturated rings. The zero-order valence-electron chi connectivity index (χ0n) is 15.1. The molecule has 2 atom stereocenters. The molecule has 2 bridgehead atoms. The molecule has 2 heterocycles. The van der Waals surface area contributed by atoms with E-state index in [1.54, 1.807) is 11.0 Å². The van der Waals surface area contributed by atoms with Gasteiger partial charge in [-0.05, 0) is 42.5 Å². The molecule has 0 spiro atoms. The van der Waals surface area contributed by atoms with E-state index in [-0.39, 0.29) is 28.7 Å². The lowest BCUT2D eigenvalue weighted by molar-refractivity contribution is 0.0418. The van der Waals surface area contributed by atoms with Crippen molar-refractivity contribution in [2.45, 2.75) is 38.1 Å². The van der Waals surface area contributed by atoms with E-state index in [1.807, 2.05) is 0 Å². The zero-order chi connectivity index (χ0) is 19.0. The number of benzene rings is 1. The van der Waals surface area contributed by atoms with Crippen LogP contribution in [0.15, 0.2) is 24.3 Å². The summed E-state index contributed by atoms with van der Waals surface area (Å²) in [6.07, 6.45) is 1.34. The molecular weight excluding hydrogens is 352 g/mol. The van der Waals surface area contributed by atoms with Crippen LogP contribution in [0.1, 0.15) is 43.9 Å². The molecule has 3 aliphatic rings. The molecule has 2 aromatic rings. The second kappa shape index (κ2) is 5.24. The number of nitrogens with zero attached hydrogens (tertiary/aromatic N) is 3. The first-order chi connectivity index (χ1) is 12.9. The number of carbonyl (C=O) groups is 1. The lowest BCUT2D eigenvalue weighted by atomic mass is 9.74. The largest absolute Gasteiger partial charge is 0.448 e. The molecule has 1 aliphatic heterocycles. The Morgan fingerprint density at radius 1 is 1.22 bits per heavy atom. The van der Waals surface area contributed by atoms with E-state index in [1.165, 1.54) is 18.2 Å². The van der Waals surface area contributed by atoms with Gasteiger partial charge in [0, 0.05) is 5.41 Å². The van der Waals surface area contributed by atoms with Crippen LogP contribution in [0.2, 0.25) is 0 Å². The highest BCUT2D eigenvalue weighted by atomic mass is 19.1. The number of hydrogen-bond acceptors (Lipinski definition) is 4. The Morgan fingerprint density at radius 2 is 1.96 bits per heavy atom. The van der Waals surface area contributed by atoms with E-state index in [2.05, 4.69) is 24.0 Å². The van der Waals surface area contributed by atoms with Crippen LogP contribution in [0.3, 0.4) is 0 Å². The molecule has 2 unspecified atom stereocenters. The van der Waals surface area contributed by atoms with Gasteiger partial charge in [-0.1, -0.05) is 19.9 Å². The van der Waals surface area contributed by atoms with Crippen LogP contribution in [-0.4, -0.2) is 34.3 Å². The molecule has 0 radical (unpaired) electrons. The first-order valence-corrected chi connectivity index (χ1v) is 9.15. The number of fused-ring (bicyclic) bond motifs is 5. The fraction of sp³-hybridized carbons (Fsp3) is 0.450. The van der Waals surface area contributed by atoms with Crippen molar-refractivity contribution in [1.82, 2.24) is 15.1 Å². The van der Waals surface area contributed by atoms with E-state index in [9.17, 15) is 13.6 Å². The van der Waals surface area contributed by atoms with Crippen LogP contribution in [-0.2, 0) is 10.3 Å². The third kappa shape index (κ3) is 1.89. The maximum Gasteiger partial charge on any atom is 0.410 e. The van der Waals surface area contributed by atoms with Gasteiger partial charge in [0.1, 0.15) is 18.2 Å². The maximum atomic E-state index is 14.2. The molecule has 1 aromatic carbocycles. The van der Waals surface area contributed by atoms with E-state index in [0.717, 1.165) is 24.1 Å². The summed E-state index contributed by atoms with van der Waals surface area (Å²) in [5, 5.41) is 8.57. The fourth-order valence-electron chi connectivity index (χ4n) is 5.50. The average Bonchev–Trinajstić information content (AvgIpc) is 3.22. The van der Waals surface area contributed by atoms with Gasteiger partial charge in [-0.2, -0.15) is 5.10 Å². The number of hydrogen-bond donors (Lipinski definition) is 0. The number of aromatic nitrogens is 2. The summed E-state index contributed by atoms with van der Waals surface area (Å²) >= 11 is 0. The van der Waals surface area contributed by atoms with Gasteiger partial charge in [-0.3, -0.25) is 4.90 Å². The van der Waals surface area contributed by atoms with E-state index in [4.69, 9.17) is 4.74 Å². The van der Waals surface area contributed by atoms with Crippen molar-refractivity contribution in [2.24, 2.45) is 5.41 Å². The van der Waals surface area contributed by atoms with Gasteiger partial charge < -0.3 is 4.74 Å². The van der Waals surface area contributed by atoms with Crippen LogP contribution in [0, 0.1) is 17.0 Å². The standard InChI is InChI=1S/C20H19F2N3O2/c1-19(2)12-6-7-20(19,25-8-9-27-18(25)26)17-11(12)10-15(23-24-17)16-13(21)4-3-5-14(16)22/h3-5,10,12H,6-9H2,1-2H3. The maximum absolute atomic E-state index is 14.2. The van der Waals surface area contributed by atoms with Crippen LogP contribution in [0.25, 0.3) is 11.3 Å². The predicted molar refractivity (Wildman–Crippen MR) is 92.9 cm³/mol. The topological polar surface area (TPSA) is 55.3 Å². The molecule has 140 valence electrons. The van der Waals surface area contributed by atoms with Crippen LogP contribution in [0.4, 0.5) is 13.6 Å². The predicted octanol–water partition coefficient (Wildman–Crippen LogP) is 3.99. The van der Waals surface area contributed by atoms with Crippen LogP contribution < -0.4 is 0 Å². The minimum atomic E-state index is -0.662. The highest BCUT2D eigenvalue weighted by molar-refractivity contribution is 5.72. The summed E-state index contributed by atoms with van der Waals surface area (Å²) in [6.45, 7) is 5.13. The number of ether oxygens (including phenoxy) is 1. The number of amides is 1. The Balaban J connectivity index is 1.70. The van der Waals surface area contributed by atoms with Gasteiger partial charge in [0.25, 0.3) is 0 Å². The van der Waals surface area contributed by atoms with Crippen LogP contribution >= 0.6 is 0 Å². The smallest absolute Gasteiger partial charge is 0.410 e. The Morgan fingerprint density at radius 3 is 2.63 bits per heavy atom. The van der Waals surface area contributed by atoms with Crippen molar-refractivity contribution in [3.63, 3.8) is 0 Å². The molecule has 1 aromatic heterocycles. The van der Waals surface area contributed by atoms with Crippen molar-refractivity contribution in [1.29, 1.82) is 0 Å². The summed E-state index contributed by atoms with van der Waals surface area (Å²) in [6, 6.07) is 5.50. The molecule has 0 N–H and O–H groups in total. The number of rotatable bonds is 2. The lowest BCUT2D eigenvalue weighted by Gasteiger charge is -2.43. The molecule has 1 amide bonds. The summed E-state index contributed by atoms with van der Waals surface area (Å²) in [5.74, 6) is -1.18. The Hall–Kier alpha value is -2.57. The highest BCUT2D eigenvalue weighted by Gasteiger charge is 2.68. The third-order valence-corrected chi connectivity index (χ3v) is 6.76. The molecule has 7 heteroatoms. The van der Waals surface area contributed by atoms with E-state index in [0.29, 0.717) is 13.2 Å². The molecule has 2 aliphatic carbocycles. The van der Waals surface area contributed by atoms with E-state index >= 15 is 0 Å². The highest BCUT2D eigenvalue weighted by Crippen LogP contribution is 2.68. The summed E-state index contributed by atoms with van der Waals surface area (Å²) < 4.78 is 33.6. The van der Waals surface area contributed by atoms with Gasteiger partial charge in [-0.15, -0.1) is 5.10 Å². The number of halogens is 2. The normalized spacial score (nSPS) is 27.8. The average molecular weight is 371 g/mol.